The normalized spacial score (nSPS) is 14.8. The zero-order valence-electron chi connectivity index (χ0n) is 18.3. The predicted molar refractivity (Wildman–Crippen MR) is 133 cm³/mol. The number of piperazine rings is 1. The molecule has 0 radical (unpaired) electrons. The van der Waals surface area contributed by atoms with Gasteiger partial charge in [0.05, 0.1) is 10.2 Å². The quantitative estimate of drug-likeness (QED) is 0.507. The van der Waals surface area contributed by atoms with Gasteiger partial charge in [0.25, 0.3) is 5.91 Å². The Bertz CT molecular complexity index is 1030. The van der Waals surface area contributed by atoms with Crippen molar-refractivity contribution in [3.8, 4) is 0 Å². The minimum atomic E-state index is 0.0124. The summed E-state index contributed by atoms with van der Waals surface area (Å²) in [5, 5.41) is 4.21. The predicted octanol–water partition coefficient (Wildman–Crippen LogP) is 4.52. The zero-order chi connectivity index (χ0) is 21.6. The maximum Gasteiger partial charge on any atom is 0.251 e. The van der Waals surface area contributed by atoms with Crippen LogP contribution in [0.5, 0.6) is 0 Å². The molecule has 0 spiro atoms. The number of hydrogen-bond acceptors (Lipinski definition) is 6. The standard InChI is InChI=1S/C24H30N4OS2/c1-3-18-7-6-10-21-22(18)26-24(31-21)28-15-13-27(14-16-28)12-11-25-23(29)19-8-5-9-20(17-19)30-4-2/h5-10,17H,3-4,11-16H2,1-2H3,(H,25,29). The van der Waals surface area contributed by atoms with Crippen LogP contribution in [0, 0.1) is 0 Å². The second-order valence-electron chi connectivity index (χ2n) is 7.66. The summed E-state index contributed by atoms with van der Waals surface area (Å²) < 4.78 is 1.28. The van der Waals surface area contributed by atoms with Crippen molar-refractivity contribution in [3.05, 3.63) is 53.6 Å². The molecule has 31 heavy (non-hydrogen) atoms. The van der Waals surface area contributed by atoms with Gasteiger partial charge in [-0.1, -0.05) is 43.4 Å². The number of para-hydroxylation sites is 1. The molecule has 0 saturated carbocycles. The Hall–Kier alpha value is -2.09. The molecule has 7 heteroatoms. The van der Waals surface area contributed by atoms with E-state index in [1.807, 2.05) is 18.2 Å². The molecule has 4 rings (SSSR count). The molecule has 3 aromatic rings. The molecule has 2 aromatic carbocycles. The van der Waals surface area contributed by atoms with Gasteiger partial charge in [0.2, 0.25) is 0 Å². The first-order chi connectivity index (χ1) is 15.2. The van der Waals surface area contributed by atoms with E-state index in [4.69, 9.17) is 4.98 Å². The summed E-state index contributed by atoms with van der Waals surface area (Å²) in [6.45, 7) is 9.80. The Morgan fingerprint density at radius 2 is 1.94 bits per heavy atom. The number of fused-ring (bicyclic) bond motifs is 1. The molecule has 1 aliphatic heterocycles. The molecule has 0 bridgehead atoms. The van der Waals surface area contributed by atoms with Gasteiger partial charge in [0.15, 0.2) is 5.13 Å². The molecule has 1 aromatic heterocycles. The SMILES string of the molecule is CCSc1cccc(C(=O)NCCN2CCN(c3nc4c(CC)cccc4s3)CC2)c1. The number of nitrogens with zero attached hydrogens (tertiary/aromatic N) is 3. The number of benzene rings is 2. The fraction of sp³-hybridized carbons (Fsp3) is 0.417. The van der Waals surface area contributed by atoms with Crippen LogP contribution in [0.15, 0.2) is 47.4 Å². The third-order valence-electron chi connectivity index (χ3n) is 5.64. The summed E-state index contributed by atoms with van der Waals surface area (Å²) in [5.41, 5.74) is 3.23. The molecule has 2 heterocycles. The Balaban J connectivity index is 1.25. The van der Waals surface area contributed by atoms with Crippen molar-refractivity contribution >= 4 is 44.4 Å². The van der Waals surface area contributed by atoms with Gasteiger partial charge < -0.3 is 10.2 Å². The number of rotatable bonds is 8. The first-order valence-corrected chi connectivity index (χ1v) is 12.8. The van der Waals surface area contributed by atoms with Crippen LogP contribution in [0.2, 0.25) is 0 Å². The number of anilines is 1. The van der Waals surface area contributed by atoms with Crippen molar-refractivity contribution in [1.82, 2.24) is 15.2 Å². The number of carbonyl (C=O) groups excluding carboxylic acids is 1. The lowest BCUT2D eigenvalue weighted by Gasteiger charge is -2.34. The van der Waals surface area contributed by atoms with Crippen LogP contribution in [0.1, 0.15) is 29.8 Å². The van der Waals surface area contributed by atoms with E-state index < -0.39 is 0 Å². The van der Waals surface area contributed by atoms with Crippen LogP contribution >= 0.6 is 23.1 Å². The van der Waals surface area contributed by atoms with Crippen LogP contribution in [0.4, 0.5) is 5.13 Å². The Kier molecular flexibility index (Phi) is 7.48. The summed E-state index contributed by atoms with van der Waals surface area (Å²) >= 11 is 3.55. The first-order valence-electron chi connectivity index (χ1n) is 11.0. The number of aryl methyl sites for hydroxylation is 1. The van der Waals surface area contributed by atoms with Gasteiger partial charge in [0, 0.05) is 49.7 Å². The third-order valence-corrected chi connectivity index (χ3v) is 7.59. The van der Waals surface area contributed by atoms with E-state index >= 15 is 0 Å². The highest BCUT2D eigenvalue weighted by atomic mass is 32.2. The Labute approximate surface area is 192 Å². The van der Waals surface area contributed by atoms with E-state index in [-0.39, 0.29) is 5.91 Å². The molecular formula is C24H30N4OS2. The van der Waals surface area contributed by atoms with Crippen LogP contribution in [0.25, 0.3) is 10.2 Å². The van der Waals surface area contributed by atoms with E-state index in [2.05, 4.69) is 53.2 Å². The first kappa shape index (κ1) is 22.1. The van der Waals surface area contributed by atoms with E-state index in [0.29, 0.717) is 6.54 Å². The average Bonchev–Trinajstić information content (AvgIpc) is 3.24. The fourth-order valence-electron chi connectivity index (χ4n) is 3.90. The summed E-state index contributed by atoms with van der Waals surface area (Å²) in [5.74, 6) is 1.02. The molecule has 1 N–H and O–H groups in total. The van der Waals surface area contributed by atoms with Gasteiger partial charge >= 0.3 is 0 Å². The van der Waals surface area contributed by atoms with Crippen molar-refractivity contribution in [1.29, 1.82) is 0 Å². The van der Waals surface area contributed by atoms with E-state index in [1.165, 1.54) is 10.3 Å². The van der Waals surface area contributed by atoms with Crippen molar-refractivity contribution in [2.75, 3.05) is 49.9 Å². The lowest BCUT2D eigenvalue weighted by molar-refractivity contribution is 0.0947. The molecule has 0 unspecified atom stereocenters. The topological polar surface area (TPSA) is 48.5 Å². The maximum absolute atomic E-state index is 12.5. The number of hydrogen-bond donors (Lipinski definition) is 1. The number of thioether (sulfide) groups is 1. The number of thiazole rings is 1. The van der Waals surface area contributed by atoms with Crippen molar-refractivity contribution in [2.45, 2.75) is 25.2 Å². The third kappa shape index (κ3) is 5.40. The summed E-state index contributed by atoms with van der Waals surface area (Å²) in [6, 6.07) is 14.4. The van der Waals surface area contributed by atoms with Crippen LogP contribution in [-0.2, 0) is 6.42 Å². The lowest BCUT2D eigenvalue weighted by Crippen LogP contribution is -2.48. The molecule has 1 saturated heterocycles. The smallest absolute Gasteiger partial charge is 0.251 e. The van der Waals surface area contributed by atoms with Gasteiger partial charge in [-0.05, 0) is 42.0 Å². The van der Waals surface area contributed by atoms with Crippen molar-refractivity contribution in [3.63, 3.8) is 0 Å². The van der Waals surface area contributed by atoms with Gasteiger partial charge in [-0.25, -0.2) is 4.98 Å². The second kappa shape index (κ2) is 10.5. The minimum Gasteiger partial charge on any atom is -0.351 e. The molecular weight excluding hydrogens is 424 g/mol. The largest absolute Gasteiger partial charge is 0.351 e. The van der Waals surface area contributed by atoms with Crippen molar-refractivity contribution < 1.29 is 4.79 Å². The van der Waals surface area contributed by atoms with E-state index in [0.717, 1.165) is 66.0 Å². The van der Waals surface area contributed by atoms with E-state index in [1.54, 1.807) is 23.1 Å². The Morgan fingerprint density at radius 1 is 1.13 bits per heavy atom. The maximum atomic E-state index is 12.5. The summed E-state index contributed by atoms with van der Waals surface area (Å²) in [7, 11) is 0. The second-order valence-corrected chi connectivity index (χ2v) is 10.0. The molecule has 1 fully saturated rings. The van der Waals surface area contributed by atoms with Crippen LogP contribution in [0.3, 0.4) is 0 Å². The molecule has 5 nitrogen and oxygen atoms in total. The monoisotopic (exact) mass is 454 g/mol. The molecule has 0 aliphatic carbocycles. The molecule has 0 atom stereocenters. The van der Waals surface area contributed by atoms with Crippen LogP contribution < -0.4 is 10.2 Å². The van der Waals surface area contributed by atoms with Crippen molar-refractivity contribution in [2.24, 2.45) is 0 Å². The highest BCUT2D eigenvalue weighted by Gasteiger charge is 2.20. The number of amides is 1. The summed E-state index contributed by atoms with van der Waals surface area (Å²) in [6.07, 6.45) is 1.02. The molecule has 1 aliphatic rings. The van der Waals surface area contributed by atoms with Gasteiger partial charge in [-0.2, -0.15) is 0 Å². The summed E-state index contributed by atoms with van der Waals surface area (Å²) in [4.78, 5) is 23.4. The lowest BCUT2D eigenvalue weighted by atomic mass is 10.1. The molecule has 164 valence electrons. The molecule has 1 amide bonds. The average molecular weight is 455 g/mol. The zero-order valence-corrected chi connectivity index (χ0v) is 19.9. The van der Waals surface area contributed by atoms with E-state index in [9.17, 15) is 4.79 Å². The number of nitrogens with one attached hydrogen (secondary N) is 1. The van der Waals surface area contributed by atoms with Gasteiger partial charge in [-0.15, -0.1) is 11.8 Å². The fourth-order valence-corrected chi connectivity index (χ4v) is 5.68. The van der Waals surface area contributed by atoms with Crippen LogP contribution in [-0.4, -0.2) is 60.8 Å². The highest BCUT2D eigenvalue weighted by molar-refractivity contribution is 7.99. The van der Waals surface area contributed by atoms with Gasteiger partial charge in [0.1, 0.15) is 0 Å². The highest BCUT2D eigenvalue weighted by Crippen LogP contribution is 2.31. The number of carbonyl (C=O) groups is 1. The Morgan fingerprint density at radius 3 is 2.71 bits per heavy atom. The van der Waals surface area contributed by atoms with Gasteiger partial charge in [-0.3, -0.25) is 9.69 Å². The number of aromatic nitrogens is 1. The minimum absolute atomic E-state index is 0.0124.